The van der Waals surface area contributed by atoms with Gasteiger partial charge in [-0.25, -0.2) is 4.79 Å². The predicted octanol–water partition coefficient (Wildman–Crippen LogP) is 3.04. The van der Waals surface area contributed by atoms with Crippen LogP contribution in [0, 0.1) is 0 Å². The topological polar surface area (TPSA) is 57.6 Å². The van der Waals surface area contributed by atoms with E-state index in [-0.39, 0.29) is 0 Å². The molecule has 1 aromatic carbocycles. The zero-order valence-electron chi connectivity index (χ0n) is 10.2. The van der Waals surface area contributed by atoms with Crippen molar-refractivity contribution in [3.05, 3.63) is 33.3 Å². The number of carboxylic acid groups (broad SMARTS) is 1. The molecule has 1 rings (SSSR count). The minimum Gasteiger partial charge on any atom is -0.480 e. The summed E-state index contributed by atoms with van der Waals surface area (Å²) in [5.74, 6) is -1.48. The number of aliphatic carboxylic acids is 1. The van der Waals surface area contributed by atoms with E-state index in [1.54, 1.807) is 12.1 Å². The largest absolute Gasteiger partial charge is 0.480 e. The van der Waals surface area contributed by atoms with E-state index in [0.29, 0.717) is 15.1 Å². The molecule has 1 N–H and O–H groups in total. The van der Waals surface area contributed by atoms with Crippen LogP contribution in [0.2, 0.25) is 5.02 Å². The zero-order chi connectivity index (χ0) is 14.1. The van der Waals surface area contributed by atoms with E-state index in [4.69, 9.17) is 16.7 Å². The van der Waals surface area contributed by atoms with Crippen LogP contribution in [0.15, 0.2) is 22.7 Å². The summed E-state index contributed by atoms with van der Waals surface area (Å²) in [6.45, 7) is 2.93. The molecule has 0 aliphatic carbocycles. The number of hydrogen-bond donors (Lipinski definition) is 1. The van der Waals surface area contributed by atoms with E-state index >= 15 is 0 Å². The molecule has 0 saturated heterocycles. The molecule has 0 aliphatic rings. The van der Waals surface area contributed by atoms with Crippen molar-refractivity contribution in [2.45, 2.75) is 19.4 Å². The average Bonchev–Trinajstić information content (AvgIpc) is 2.30. The molecular formula is C12H13BrClNO3. The molecule has 0 spiro atoms. The first-order valence-corrected chi connectivity index (χ1v) is 6.31. The third-order valence-electron chi connectivity index (χ3n) is 2.83. The maximum absolute atomic E-state index is 12.2. The highest BCUT2D eigenvalue weighted by molar-refractivity contribution is 9.10. The molecule has 0 radical (unpaired) electrons. The summed E-state index contributed by atoms with van der Waals surface area (Å²) in [6.07, 6.45) is 0. The fourth-order valence-electron chi connectivity index (χ4n) is 1.24. The molecule has 0 fully saturated rings. The van der Waals surface area contributed by atoms with Crippen molar-refractivity contribution in [3.63, 3.8) is 0 Å². The Morgan fingerprint density at radius 1 is 1.39 bits per heavy atom. The number of nitrogens with zero attached hydrogens (tertiary/aromatic N) is 1. The Morgan fingerprint density at radius 2 is 1.94 bits per heavy atom. The first-order chi connectivity index (χ1) is 8.17. The van der Waals surface area contributed by atoms with Gasteiger partial charge in [-0.2, -0.15) is 0 Å². The van der Waals surface area contributed by atoms with Gasteiger partial charge in [0.05, 0.1) is 5.56 Å². The maximum Gasteiger partial charge on any atom is 0.329 e. The summed E-state index contributed by atoms with van der Waals surface area (Å²) in [4.78, 5) is 24.5. The Balaban J connectivity index is 3.15. The maximum atomic E-state index is 12.2. The first-order valence-electron chi connectivity index (χ1n) is 5.14. The molecule has 0 saturated carbocycles. The van der Waals surface area contributed by atoms with Crippen molar-refractivity contribution in [2.24, 2.45) is 0 Å². The molecule has 18 heavy (non-hydrogen) atoms. The highest BCUT2D eigenvalue weighted by Crippen LogP contribution is 2.25. The SMILES string of the molecule is CN(C(=O)c1cc(Cl)ccc1Br)C(C)(C)C(=O)O. The lowest BCUT2D eigenvalue weighted by atomic mass is 10.0. The molecule has 0 atom stereocenters. The monoisotopic (exact) mass is 333 g/mol. The van der Waals surface area contributed by atoms with Gasteiger partial charge >= 0.3 is 5.97 Å². The summed E-state index contributed by atoms with van der Waals surface area (Å²) in [7, 11) is 1.45. The normalized spacial score (nSPS) is 11.2. The number of hydrogen-bond acceptors (Lipinski definition) is 2. The van der Waals surface area contributed by atoms with Gasteiger partial charge < -0.3 is 10.0 Å². The fourth-order valence-corrected chi connectivity index (χ4v) is 1.83. The molecule has 4 nitrogen and oxygen atoms in total. The zero-order valence-corrected chi connectivity index (χ0v) is 12.5. The van der Waals surface area contributed by atoms with Crippen molar-refractivity contribution in [1.82, 2.24) is 4.90 Å². The van der Waals surface area contributed by atoms with Crippen LogP contribution in [-0.2, 0) is 4.79 Å². The number of halogens is 2. The summed E-state index contributed by atoms with van der Waals surface area (Å²) in [6, 6.07) is 4.80. The van der Waals surface area contributed by atoms with Crippen LogP contribution in [0.25, 0.3) is 0 Å². The average molecular weight is 335 g/mol. The Kier molecular flexibility index (Phi) is 4.40. The third kappa shape index (κ3) is 2.84. The summed E-state index contributed by atoms with van der Waals surface area (Å²) < 4.78 is 0.574. The van der Waals surface area contributed by atoms with E-state index in [9.17, 15) is 9.59 Å². The van der Waals surface area contributed by atoms with E-state index < -0.39 is 17.4 Å². The number of benzene rings is 1. The molecule has 0 unspecified atom stereocenters. The van der Waals surface area contributed by atoms with Crippen molar-refractivity contribution in [1.29, 1.82) is 0 Å². The molecule has 0 aromatic heterocycles. The Morgan fingerprint density at radius 3 is 2.44 bits per heavy atom. The van der Waals surface area contributed by atoms with Gasteiger partial charge in [0.1, 0.15) is 5.54 Å². The van der Waals surface area contributed by atoms with Gasteiger partial charge in [-0.3, -0.25) is 4.79 Å². The Bertz CT molecular complexity index is 502. The fraction of sp³-hybridized carbons (Fsp3) is 0.333. The van der Waals surface area contributed by atoms with Crippen LogP contribution in [0.4, 0.5) is 0 Å². The molecule has 98 valence electrons. The Labute approximate surface area is 119 Å². The number of carboxylic acids is 1. The number of carbonyl (C=O) groups is 2. The first kappa shape index (κ1) is 15.0. The molecular weight excluding hydrogens is 321 g/mol. The molecule has 1 amide bonds. The summed E-state index contributed by atoms with van der Waals surface area (Å²) in [5.41, 5.74) is -0.960. The van der Waals surface area contributed by atoms with Crippen molar-refractivity contribution in [2.75, 3.05) is 7.05 Å². The van der Waals surface area contributed by atoms with Gasteiger partial charge in [0.15, 0.2) is 0 Å². The van der Waals surface area contributed by atoms with Gasteiger partial charge in [0, 0.05) is 16.5 Å². The lowest BCUT2D eigenvalue weighted by Gasteiger charge is -2.31. The van der Waals surface area contributed by atoms with Crippen molar-refractivity contribution < 1.29 is 14.7 Å². The van der Waals surface area contributed by atoms with E-state index in [0.717, 1.165) is 0 Å². The van der Waals surface area contributed by atoms with Crippen LogP contribution in [0.1, 0.15) is 24.2 Å². The quantitative estimate of drug-likeness (QED) is 0.924. The van der Waals surface area contributed by atoms with Crippen LogP contribution >= 0.6 is 27.5 Å². The van der Waals surface area contributed by atoms with Gasteiger partial charge in [-0.05, 0) is 48.0 Å². The van der Waals surface area contributed by atoms with E-state index in [1.807, 2.05) is 0 Å². The summed E-state index contributed by atoms with van der Waals surface area (Å²) >= 11 is 9.08. The summed E-state index contributed by atoms with van der Waals surface area (Å²) in [5, 5.41) is 9.52. The van der Waals surface area contributed by atoms with Crippen molar-refractivity contribution in [3.8, 4) is 0 Å². The van der Waals surface area contributed by atoms with Crippen LogP contribution in [-0.4, -0.2) is 34.5 Å². The second kappa shape index (κ2) is 5.28. The lowest BCUT2D eigenvalue weighted by molar-refractivity contribution is -0.147. The second-order valence-electron chi connectivity index (χ2n) is 4.35. The number of carbonyl (C=O) groups excluding carboxylic acids is 1. The molecule has 0 heterocycles. The van der Waals surface area contributed by atoms with Crippen LogP contribution in [0.5, 0.6) is 0 Å². The van der Waals surface area contributed by atoms with Crippen molar-refractivity contribution >= 4 is 39.4 Å². The number of likely N-dealkylation sites (N-methyl/N-ethyl adjacent to an activating group) is 1. The van der Waals surface area contributed by atoms with E-state index in [1.165, 1.54) is 31.9 Å². The third-order valence-corrected chi connectivity index (χ3v) is 3.75. The molecule has 1 aromatic rings. The highest BCUT2D eigenvalue weighted by atomic mass is 79.9. The Hall–Kier alpha value is -1.07. The van der Waals surface area contributed by atoms with Crippen LogP contribution in [0.3, 0.4) is 0 Å². The highest BCUT2D eigenvalue weighted by Gasteiger charge is 2.36. The second-order valence-corrected chi connectivity index (χ2v) is 5.64. The molecule has 6 heteroatoms. The standard InChI is InChI=1S/C12H13BrClNO3/c1-12(2,11(17)18)15(3)10(16)8-6-7(14)4-5-9(8)13/h4-6H,1-3H3,(H,17,18). The van der Waals surface area contributed by atoms with E-state index in [2.05, 4.69) is 15.9 Å². The van der Waals surface area contributed by atoms with Gasteiger partial charge in [0.2, 0.25) is 0 Å². The minimum absolute atomic E-state index is 0.333. The molecule has 0 aliphatic heterocycles. The number of rotatable bonds is 3. The molecule has 0 bridgehead atoms. The van der Waals surface area contributed by atoms with Crippen LogP contribution < -0.4 is 0 Å². The van der Waals surface area contributed by atoms with Gasteiger partial charge in [-0.1, -0.05) is 11.6 Å². The smallest absolute Gasteiger partial charge is 0.329 e. The number of amides is 1. The lowest BCUT2D eigenvalue weighted by Crippen LogP contribution is -2.50. The van der Waals surface area contributed by atoms with Gasteiger partial charge in [-0.15, -0.1) is 0 Å². The minimum atomic E-state index is -1.29. The predicted molar refractivity (Wildman–Crippen MR) is 73.0 cm³/mol. The van der Waals surface area contributed by atoms with Gasteiger partial charge in [0.25, 0.3) is 5.91 Å².